The Bertz CT molecular complexity index is 324. The average molecular weight is 222 g/mol. The normalized spacial score (nSPS) is 22.0. The number of rotatable bonds is 3. The summed E-state index contributed by atoms with van der Waals surface area (Å²) < 4.78 is 1.92. The number of hydrogen-bond acceptors (Lipinski definition) is 3. The molecule has 0 spiro atoms. The van der Waals surface area contributed by atoms with Crippen molar-refractivity contribution in [3.63, 3.8) is 0 Å². The summed E-state index contributed by atoms with van der Waals surface area (Å²) in [6.07, 6.45) is 5.96. The van der Waals surface area contributed by atoms with Crippen molar-refractivity contribution >= 4 is 0 Å². The van der Waals surface area contributed by atoms with Gasteiger partial charge >= 0.3 is 0 Å². The molecule has 1 aromatic rings. The molecule has 0 amide bonds. The van der Waals surface area contributed by atoms with Crippen LogP contribution >= 0.6 is 0 Å². The van der Waals surface area contributed by atoms with Crippen LogP contribution in [0.2, 0.25) is 0 Å². The van der Waals surface area contributed by atoms with Gasteiger partial charge < -0.3 is 5.32 Å². The molecule has 1 aliphatic rings. The maximum Gasteiger partial charge on any atom is 0.151 e. The number of nitrogens with one attached hydrogen (secondary N) is 1. The van der Waals surface area contributed by atoms with Crippen LogP contribution in [0.4, 0.5) is 0 Å². The molecule has 2 rings (SSSR count). The van der Waals surface area contributed by atoms with E-state index in [2.05, 4.69) is 22.3 Å². The SMILES string of the molecule is CCc1nc(CC2CCCCNC2)nn1C. The van der Waals surface area contributed by atoms with Crippen LogP contribution in [0.5, 0.6) is 0 Å². The molecule has 0 bridgehead atoms. The summed E-state index contributed by atoms with van der Waals surface area (Å²) in [6, 6.07) is 0. The largest absolute Gasteiger partial charge is 0.316 e. The molecule has 1 atom stereocenters. The molecular weight excluding hydrogens is 200 g/mol. The molecule has 16 heavy (non-hydrogen) atoms. The predicted molar refractivity (Wildman–Crippen MR) is 64.3 cm³/mol. The van der Waals surface area contributed by atoms with Gasteiger partial charge in [0.05, 0.1) is 0 Å². The number of nitrogens with zero attached hydrogens (tertiary/aromatic N) is 3. The van der Waals surface area contributed by atoms with Crippen LogP contribution in [-0.4, -0.2) is 27.9 Å². The van der Waals surface area contributed by atoms with Gasteiger partial charge in [-0.2, -0.15) is 5.10 Å². The average Bonchev–Trinajstić information content (AvgIpc) is 2.50. The maximum absolute atomic E-state index is 4.58. The number of aryl methyl sites for hydroxylation is 2. The fraction of sp³-hybridized carbons (Fsp3) is 0.833. The zero-order valence-electron chi connectivity index (χ0n) is 10.4. The van der Waals surface area contributed by atoms with E-state index in [0.29, 0.717) is 0 Å². The fourth-order valence-corrected chi connectivity index (χ4v) is 2.39. The van der Waals surface area contributed by atoms with Crippen molar-refractivity contribution in [1.82, 2.24) is 20.1 Å². The molecule has 1 aliphatic heterocycles. The molecule has 4 heteroatoms. The molecule has 90 valence electrons. The van der Waals surface area contributed by atoms with Crippen LogP contribution in [0, 0.1) is 5.92 Å². The van der Waals surface area contributed by atoms with Crippen molar-refractivity contribution in [2.75, 3.05) is 13.1 Å². The van der Waals surface area contributed by atoms with E-state index in [-0.39, 0.29) is 0 Å². The lowest BCUT2D eigenvalue weighted by molar-refractivity contribution is 0.466. The summed E-state index contributed by atoms with van der Waals surface area (Å²) in [7, 11) is 1.99. The molecule has 1 fully saturated rings. The first-order chi connectivity index (χ1) is 7.79. The second-order valence-corrected chi connectivity index (χ2v) is 4.69. The molecule has 2 heterocycles. The minimum absolute atomic E-state index is 0.717. The van der Waals surface area contributed by atoms with Gasteiger partial charge in [-0.05, 0) is 31.8 Å². The van der Waals surface area contributed by atoms with Crippen LogP contribution in [0.3, 0.4) is 0 Å². The van der Waals surface area contributed by atoms with Crippen molar-refractivity contribution in [3.8, 4) is 0 Å². The number of hydrogen-bond donors (Lipinski definition) is 1. The number of aromatic nitrogens is 3. The Morgan fingerprint density at radius 3 is 3.06 bits per heavy atom. The highest BCUT2D eigenvalue weighted by molar-refractivity contribution is 4.94. The standard InChI is InChI=1S/C12H22N4/c1-3-12-14-11(15-16(12)2)8-10-6-4-5-7-13-9-10/h10,13H,3-9H2,1-2H3. The van der Waals surface area contributed by atoms with Gasteiger partial charge in [0.2, 0.25) is 0 Å². The van der Waals surface area contributed by atoms with Gasteiger partial charge in [0.15, 0.2) is 5.82 Å². The summed E-state index contributed by atoms with van der Waals surface area (Å²) in [5.74, 6) is 2.83. The first-order valence-electron chi connectivity index (χ1n) is 6.39. The lowest BCUT2D eigenvalue weighted by Gasteiger charge is -2.11. The Morgan fingerprint density at radius 2 is 2.31 bits per heavy atom. The predicted octanol–water partition coefficient (Wildman–Crippen LogP) is 1.31. The molecular formula is C12H22N4. The van der Waals surface area contributed by atoms with E-state index in [1.807, 2.05) is 11.7 Å². The quantitative estimate of drug-likeness (QED) is 0.838. The van der Waals surface area contributed by atoms with Gasteiger partial charge in [-0.15, -0.1) is 0 Å². The van der Waals surface area contributed by atoms with Crippen molar-refractivity contribution < 1.29 is 0 Å². The van der Waals surface area contributed by atoms with Gasteiger partial charge in [0.25, 0.3) is 0 Å². The second-order valence-electron chi connectivity index (χ2n) is 4.69. The minimum Gasteiger partial charge on any atom is -0.316 e. The van der Waals surface area contributed by atoms with Crippen molar-refractivity contribution in [3.05, 3.63) is 11.6 Å². The molecule has 0 aromatic carbocycles. The van der Waals surface area contributed by atoms with Gasteiger partial charge in [-0.3, -0.25) is 4.68 Å². The molecule has 4 nitrogen and oxygen atoms in total. The highest BCUT2D eigenvalue weighted by Crippen LogP contribution is 2.15. The summed E-state index contributed by atoms with van der Waals surface area (Å²) in [5, 5.41) is 7.97. The lowest BCUT2D eigenvalue weighted by Crippen LogP contribution is -2.22. The summed E-state index contributed by atoms with van der Waals surface area (Å²) in [6.45, 7) is 4.42. The first kappa shape index (κ1) is 11.6. The van der Waals surface area contributed by atoms with Gasteiger partial charge in [0.1, 0.15) is 5.82 Å². The third-order valence-electron chi connectivity index (χ3n) is 3.33. The Hall–Kier alpha value is -0.900. The first-order valence-corrected chi connectivity index (χ1v) is 6.39. The fourth-order valence-electron chi connectivity index (χ4n) is 2.39. The van der Waals surface area contributed by atoms with Gasteiger partial charge in [0, 0.05) is 19.9 Å². The molecule has 0 saturated carbocycles. The highest BCUT2D eigenvalue weighted by atomic mass is 15.3. The zero-order chi connectivity index (χ0) is 11.4. The molecule has 0 radical (unpaired) electrons. The van der Waals surface area contributed by atoms with Crippen LogP contribution in [0.15, 0.2) is 0 Å². The highest BCUT2D eigenvalue weighted by Gasteiger charge is 2.15. The van der Waals surface area contributed by atoms with Crippen LogP contribution in [0.25, 0.3) is 0 Å². The lowest BCUT2D eigenvalue weighted by atomic mass is 9.99. The Morgan fingerprint density at radius 1 is 1.44 bits per heavy atom. The van der Waals surface area contributed by atoms with E-state index in [0.717, 1.165) is 37.0 Å². The molecule has 1 N–H and O–H groups in total. The zero-order valence-corrected chi connectivity index (χ0v) is 10.4. The van der Waals surface area contributed by atoms with Crippen molar-refractivity contribution in [2.45, 2.75) is 39.0 Å². The van der Waals surface area contributed by atoms with Crippen LogP contribution in [-0.2, 0) is 19.9 Å². The van der Waals surface area contributed by atoms with Crippen molar-refractivity contribution in [2.24, 2.45) is 13.0 Å². The summed E-state index contributed by atoms with van der Waals surface area (Å²) in [5.41, 5.74) is 0. The maximum atomic E-state index is 4.58. The monoisotopic (exact) mass is 222 g/mol. The van der Waals surface area contributed by atoms with Gasteiger partial charge in [-0.25, -0.2) is 4.98 Å². The molecule has 1 saturated heterocycles. The Kier molecular flexibility index (Phi) is 3.93. The van der Waals surface area contributed by atoms with Crippen LogP contribution < -0.4 is 5.32 Å². The van der Waals surface area contributed by atoms with Gasteiger partial charge in [-0.1, -0.05) is 13.3 Å². The van der Waals surface area contributed by atoms with Crippen molar-refractivity contribution in [1.29, 1.82) is 0 Å². The summed E-state index contributed by atoms with van der Waals surface area (Å²) >= 11 is 0. The van der Waals surface area contributed by atoms with E-state index in [9.17, 15) is 0 Å². The van der Waals surface area contributed by atoms with E-state index in [1.165, 1.54) is 25.8 Å². The minimum atomic E-state index is 0.717. The van der Waals surface area contributed by atoms with E-state index < -0.39 is 0 Å². The van der Waals surface area contributed by atoms with Crippen LogP contribution in [0.1, 0.15) is 37.8 Å². The summed E-state index contributed by atoms with van der Waals surface area (Å²) in [4.78, 5) is 4.58. The van der Waals surface area contributed by atoms with E-state index in [1.54, 1.807) is 0 Å². The molecule has 1 unspecified atom stereocenters. The Labute approximate surface area is 97.5 Å². The second kappa shape index (κ2) is 5.43. The Balaban J connectivity index is 1.96. The third kappa shape index (κ3) is 2.82. The molecule has 0 aliphatic carbocycles. The third-order valence-corrected chi connectivity index (χ3v) is 3.33. The smallest absolute Gasteiger partial charge is 0.151 e. The molecule has 1 aromatic heterocycles. The van der Waals surface area contributed by atoms with E-state index >= 15 is 0 Å². The topological polar surface area (TPSA) is 42.7 Å². The van der Waals surface area contributed by atoms with E-state index in [4.69, 9.17) is 0 Å².